The molecule has 7 nitrogen and oxygen atoms in total. The van der Waals surface area contributed by atoms with Crippen LogP contribution in [-0.2, 0) is 0 Å². The van der Waals surface area contributed by atoms with E-state index in [2.05, 4.69) is 16.8 Å². The van der Waals surface area contributed by atoms with Gasteiger partial charge in [0.15, 0.2) is 0 Å². The van der Waals surface area contributed by atoms with Crippen LogP contribution in [0.15, 0.2) is 36.4 Å². The number of nitrogens with one attached hydrogen (secondary N) is 2. The number of aryl methyl sites for hydroxylation is 1. The topological polar surface area (TPSA) is 117 Å². The zero-order valence-corrected chi connectivity index (χ0v) is 11.3. The number of nitro benzene ring substituents is 1. The van der Waals surface area contributed by atoms with E-state index in [4.69, 9.17) is 5.84 Å². The molecule has 0 aromatic heterocycles. The van der Waals surface area contributed by atoms with Crippen LogP contribution in [-0.4, -0.2) is 4.92 Å². The molecule has 4 N–H and O–H groups in total. The molecule has 0 spiro atoms. The Kier molecular flexibility index (Phi) is 4.02. The van der Waals surface area contributed by atoms with Crippen molar-refractivity contribution in [3.63, 3.8) is 0 Å². The lowest BCUT2D eigenvalue weighted by Gasteiger charge is -2.11. The van der Waals surface area contributed by atoms with Gasteiger partial charge >= 0.3 is 0 Å². The van der Waals surface area contributed by atoms with Gasteiger partial charge in [0.1, 0.15) is 6.07 Å². The molecular formula is C14H13N5O2. The second-order valence-electron chi connectivity index (χ2n) is 4.40. The van der Waals surface area contributed by atoms with Crippen LogP contribution < -0.4 is 16.6 Å². The monoisotopic (exact) mass is 283 g/mol. The van der Waals surface area contributed by atoms with Crippen LogP contribution >= 0.6 is 0 Å². The van der Waals surface area contributed by atoms with E-state index in [1.165, 1.54) is 12.1 Å². The summed E-state index contributed by atoms with van der Waals surface area (Å²) in [6.07, 6.45) is 0. The van der Waals surface area contributed by atoms with E-state index in [1.54, 1.807) is 18.2 Å². The summed E-state index contributed by atoms with van der Waals surface area (Å²) in [5, 5.41) is 23.1. The standard InChI is InChI=1S/C14H13N5O2/c1-9-3-2-4-14(13(9)8-15)17-10-5-11(18-16)7-12(6-10)19(20)21/h2-7,17-18H,16H2,1H3. The van der Waals surface area contributed by atoms with Crippen LogP contribution in [0.4, 0.5) is 22.7 Å². The molecule has 0 heterocycles. The summed E-state index contributed by atoms with van der Waals surface area (Å²) >= 11 is 0. The van der Waals surface area contributed by atoms with Crippen LogP contribution in [0.25, 0.3) is 0 Å². The van der Waals surface area contributed by atoms with E-state index in [-0.39, 0.29) is 5.69 Å². The molecule has 0 atom stereocenters. The first kappa shape index (κ1) is 14.3. The van der Waals surface area contributed by atoms with Gasteiger partial charge in [-0.2, -0.15) is 5.26 Å². The largest absolute Gasteiger partial charge is 0.354 e. The number of hydrogen-bond donors (Lipinski definition) is 3. The Morgan fingerprint density at radius 2 is 2.00 bits per heavy atom. The molecule has 0 radical (unpaired) electrons. The third-order valence-corrected chi connectivity index (χ3v) is 2.96. The fraction of sp³-hybridized carbons (Fsp3) is 0.0714. The van der Waals surface area contributed by atoms with Crippen molar-refractivity contribution in [3.8, 4) is 6.07 Å². The lowest BCUT2D eigenvalue weighted by atomic mass is 10.1. The third-order valence-electron chi connectivity index (χ3n) is 2.96. The third kappa shape index (κ3) is 3.08. The number of nitrogens with zero attached hydrogens (tertiary/aromatic N) is 2. The number of nitro groups is 1. The Morgan fingerprint density at radius 3 is 2.62 bits per heavy atom. The minimum atomic E-state index is -0.506. The summed E-state index contributed by atoms with van der Waals surface area (Å²) in [5.74, 6) is 5.31. The molecule has 0 aliphatic heterocycles. The zero-order chi connectivity index (χ0) is 15.4. The smallest absolute Gasteiger partial charge is 0.273 e. The summed E-state index contributed by atoms with van der Waals surface area (Å²) in [4.78, 5) is 10.4. The molecule has 106 valence electrons. The van der Waals surface area contributed by atoms with E-state index >= 15 is 0 Å². The Bertz CT molecular complexity index is 737. The maximum Gasteiger partial charge on any atom is 0.273 e. The number of nitriles is 1. The quantitative estimate of drug-likeness (QED) is 0.451. The molecule has 0 saturated heterocycles. The predicted molar refractivity (Wildman–Crippen MR) is 80.1 cm³/mol. The highest BCUT2D eigenvalue weighted by molar-refractivity contribution is 5.72. The second-order valence-corrected chi connectivity index (χ2v) is 4.40. The molecule has 2 aromatic carbocycles. The van der Waals surface area contributed by atoms with Gasteiger partial charge < -0.3 is 10.7 Å². The Labute approximate surface area is 121 Å². The van der Waals surface area contributed by atoms with Gasteiger partial charge in [-0.1, -0.05) is 12.1 Å². The van der Waals surface area contributed by atoms with E-state index in [1.807, 2.05) is 13.0 Å². The first-order chi connectivity index (χ1) is 10.0. The van der Waals surface area contributed by atoms with Gasteiger partial charge in [0.25, 0.3) is 5.69 Å². The summed E-state index contributed by atoms with van der Waals surface area (Å²) < 4.78 is 0. The van der Waals surface area contributed by atoms with Crippen molar-refractivity contribution < 1.29 is 4.92 Å². The predicted octanol–water partition coefficient (Wildman–Crippen LogP) is 2.80. The number of nitrogen functional groups attached to an aromatic ring is 1. The number of hydrogen-bond acceptors (Lipinski definition) is 6. The SMILES string of the molecule is Cc1cccc(Nc2cc(NN)cc([N+](=O)[O-])c2)c1C#N. The molecule has 21 heavy (non-hydrogen) atoms. The molecule has 0 saturated carbocycles. The van der Waals surface area contributed by atoms with Crippen molar-refractivity contribution in [2.75, 3.05) is 10.7 Å². The van der Waals surface area contributed by atoms with Crippen LogP contribution in [0.3, 0.4) is 0 Å². The summed E-state index contributed by atoms with van der Waals surface area (Å²) in [6.45, 7) is 1.82. The summed E-state index contributed by atoms with van der Waals surface area (Å²) in [5.41, 5.74) is 5.05. The van der Waals surface area contributed by atoms with Crippen LogP contribution in [0, 0.1) is 28.4 Å². The Hall–Kier alpha value is -3.11. The van der Waals surface area contributed by atoms with E-state index in [9.17, 15) is 15.4 Å². The van der Waals surface area contributed by atoms with Crippen molar-refractivity contribution in [3.05, 3.63) is 57.6 Å². The zero-order valence-electron chi connectivity index (χ0n) is 11.3. The van der Waals surface area contributed by atoms with Crippen molar-refractivity contribution in [2.24, 2.45) is 5.84 Å². The van der Waals surface area contributed by atoms with Crippen molar-refractivity contribution in [1.82, 2.24) is 0 Å². The average molecular weight is 283 g/mol. The first-order valence-electron chi connectivity index (χ1n) is 6.08. The minimum absolute atomic E-state index is 0.0980. The molecule has 0 unspecified atom stereocenters. The van der Waals surface area contributed by atoms with Crippen LogP contribution in [0.5, 0.6) is 0 Å². The van der Waals surface area contributed by atoms with Crippen LogP contribution in [0.2, 0.25) is 0 Å². The van der Waals surface area contributed by atoms with E-state index in [0.29, 0.717) is 22.6 Å². The van der Waals surface area contributed by atoms with Gasteiger partial charge in [-0.05, 0) is 24.6 Å². The fourth-order valence-electron chi connectivity index (χ4n) is 1.95. The molecule has 0 bridgehead atoms. The highest BCUT2D eigenvalue weighted by atomic mass is 16.6. The molecule has 0 aliphatic carbocycles. The minimum Gasteiger partial charge on any atom is -0.354 e. The van der Waals surface area contributed by atoms with Crippen LogP contribution in [0.1, 0.15) is 11.1 Å². The maximum absolute atomic E-state index is 10.9. The number of anilines is 3. The molecule has 0 aliphatic rings. The maximum atomic E-state index is 10.9. The highest BCUT2D eigenvalue weighted by Crippen LogP contribution is 2.28. The number of hydrazine groups is 1. The molecule has 0 fully saturated rings. The van der Waals surface area contributed by atoms with Gasteiger partial charge in [-0.15, -0.1) is 0 Å². The average Bonchev–Trinajstić information content (AvgIpc) is 2.47. The Balaban J connectivity index is 2.45. The fourth-order valence-corrected chi connectivity index (χ4v) is 1.95. The van der Waals surface area contributed by atoms with Gasteiger partial charge in [0.05, 0.1) is 21.9 Å². The number of nitrogens with two attached hydrogens (primary N) is 1. The number of non-ortho nitro benzene ring substituents is 1. The van der Waals surface area contributed by atoms with Gasteiger partial charge in [0, 0.05) is 17.8 Å². The molecule has 0 amide bonds. The first-order valence-corrected chi connectivity index (χ1v) is 6.08. The lowest BCUT2D eigenvalue weighted by molar-refractivity contribution is -0.384. The van der Waals surface area contributed by atoms with Crippen molar-refractivity contribution >= 4 is 22.7 Å². The summed E-state index contributed by atoms with van der Waals surface area (Å²) in [7, 11) is 0. The Morgan fingerprint density at radius 1 is 1.29 bits per heavy atom. The lowest BCUT2D eigenvalue weighted by Crippen LogP contribution is -2.07. The molecule has 2 rings (SSSR count). The molecule has 2 aromatic rings. The normalized spacial score (nSPS) is 9.76. The number of rotatable bonds is 4. The van der Waals surface area contributed by atoms with Gasteiger partial charge in [-0.25, -0.2) is 0 Å². The summed E-state index contributed by atoms with van der Waals surface area (Å²) in [6, 6.07) is 11.8. The van der Waals surface area contributed by atoms with E-state index in [0.717, 1.165) is 5.56 Å². The van der Waals surface area contributed by atoms with Crippen molar-refractivity contribution in [1.29, 1.82) is 5.26 Å². The van der Waals surface area contributed by atoms with Crippen molar-refractivity contribution in [2.45, 2.75) is 6.92 Å². The molecular weight excluding hydrogens is 270 g/mol. The van der Waals surface area contributed by atoms with Gasteiger partial charge in [-0.3, -0.25) is 16.0 Å². The highest BCUT2D eigenvalue weighted by Gasteiger charge is 2.11. The molecule has 7 heteroatoms. The van der Waals surface area contributed by atoms with E-state index < -0.39 is 4.92 Å². The second kappa shape index (κ2) is 5.90. The van der Waals surface area contributed by atoms with Gasteiger partial charge in [0.2, 0.25) is 0 Å². The number of benzene rings is 2.